The van der Waals surface area contributed by atoms with Crippen molar-refractivity contribution < 1.29 is 0 Å². The second kappa shape index (κ2) is 3.00. The molecule has 3 nitrogen and oxygen atoms in total. The summed E-state index contributed by atoms with van der Waals surface area (Å²) in [5.74, 6) is 5.13. The summed E-state index contributed by atoms with van der Waals surface area (Å²) in [7, 11) is 0. The molecule has 0 fully saturated rings. The van der Waals surface area contributed by atoms with Crippen LogP contribution in [0.2, 0.25) is 0 Å². The Morgan fingerprint density at radius 1 is 1.78 bits per heavy atom. The largest absolute Gasteiger partial charge is 0.299 e. The molecule has 3 N–H and O–H groups in total. The van der Waals surface area contributed by atoms with Crippen molar-refractivity contribution in [2.24, 2.45) is 5.84 Å². The summed E-state index contributed by atoms with van der Waals surface area (Å²) < 4.78 is 1.09. The van der Waals surface area contributed by atoms with Gasteiger partial charge in [-0.2, -0.15) is 5.53 Å². The van der Waals surface area contributed by atoms with Crippen LogP contribution in [0.1, 0.15) is 0 Å². The van der Waals surface area contributed by atoms with Crippen molar-refractivity contribution in [2.45, 2.75) is 0 Å². The summed E-state index contributed by atoms with van der Waals surface area (Å²) in [6, 6.07) is 0. The van der Waals surface area contributed by atoms with Crippen LogP contribution in [0.15, 0.2) is 22.8 Å². The van der Waals surface area contributed by atoms with E-state index in [4.69, 9.17) is 5.84 Å². The highest BCUT2D eigenvalue weighted by Crippen LogP contribution is 2.10. The van der Waals surface area contributed by atoms with Crippen molar-refractivity contribution in [3.8, 4) is 0 Å². The number of hydrogen-bond acceptors (Lipinski definition) is 3. The maximum absolute atomic E-state index is 5.13. The van der Waals surface area contributed by atoms with Crippen LogP contribution in [0.3, 0.4) is 0 Å². The maximum Gasteiger partial charge on any atom is 0.0545 e. The third-order valence-electron chi connectivity index (χ3n) is 1.06. The summed E-state index contributed by atoms with van der Waals surface area (Å²) in [5, 5.41) is 1.77. The normalized spacial score (nSPS) is 18.0. The molecule has 1 aliphatic heterocycles. The molecule has 50 valence electrons. The van der Waals surface area contributed by atoms with Crippen molar-refractivity contribution in [2.75, 3.05) is 6.54 Å². The van der Waals surface area contributed by atoms with Gasteiger partial charge in [0.05, 0.1) is 6.54 Å². The van der Waals surface area contributed by atoms with E-state index in [1.807, 2.05) is 18.4 Å². The fourth-order valence-corrected chi connectivity index (χ4v) is 0.834. The Hall–Kier alpha value is -0.320. The van der Waals surface area contributed by atoms with Gasteiger partial charge in [-0.25, -0.2) is 0 Å². The van der Waals surface area contributed by atoms with E-state index in [1.54, 1.807) is 5.01 Å². The average Bonchev–Trinajstić information content (AvgIpc) is 1.90. The van der Waals surface area contributed by atoms with Crippen LogP contribution in [-0.4, -0.2) is 11.6 Å². The van der Waals surface area contributed by atoms with Crippen molar-refractivity contribution in [3.63, 3.8) is 0 Å². The number of hydrogen-bond donors (Lipinski definition) is 2. The Kier molecular flexibility index (Phi) is 2.27. The number of hydrazine groups is 2. The van der Waals surface area contributed by atoms with E-state index in [9.17, 15) is 0 Å². The molecule has 0 unspecified atom stereocenters. The fraction of sp³-hybridized carbons (Fsp3) is 0.200. The Morgan fingerprint density at radius 3 is 3.00 bits per heavy atom. The Morgan fingerprint density at radius 2 is 2.56 bits per heavy atom. The minimum Gasteiger partial charge on any atom is -0.299 e. The van der Waals surface area contributed by atoms with E-state index in [2.05, 4.69) is 21.5 Å². The van der Waals surface area contributed by atoms with Crippen LogP contribution in [0.25, 0.3) is 0 Å². The Balaban J connectivity index is 2.48. The van der Waals surface area contributed by atoms with Crippen LogP contribution in [0.5, 0.6) is 0 Å². The lowest BCUT2D eigenvalue weighted by Crippen LogP contribution is -2.39. The molecule has 0 aromatic heterocycles. The van der Waals surface area contributed by atoms with Crippen LogP contribution < -0.4 is 11.4 Å². The van der Waals surface area contributed by atoms with E-state index < -0.39 is 0 Å². The zero-order valence-electron chi connectivity index (χ0n) is 4.84. The summed E-state index contributed by atoms with van der Waals surface area (Å²) in [6.45, 7) is 0.799. The SMILES string of the molecule is NNN1C=CC(Br)=CC1. The molecule has 0 aliphatic carbocycles. The Bertz CT molecular complexity index is 152. The van der Waals surface area contributed by atoms with Gasteiger partial charge < -0.3 is 0 Å². The predicted molar refractivity (Wildman–Crippen MR) is 40.2 cm³/mol. The van der Waals surface area contributed by atoms with Gasteiger partial charge in [-0.3, -0.25) is 10.9 Å². The standard InChI is InChI=1S/C5H8BrN3/c6-5-1-3-9(8-7)4-2-5/h1-3,8H,4,7H2. The second-order valence-corrected chi connectivity index (χ2v) is 2.60. The first kappa shape index (κ1) is 6.80. The zero-order chi connectivity index (χ0) is 6.69. The third-order valence-corrected chi connectivity index (χ3v) is 1.65. The van der Waals surface area contributed by atoms with E-state index >= 15 is 0 Å². The molecule has 1 heterocycles. The monoisotopic (exact) mass is 189 g/mol. The number of halogens is 1. The molecular weight excluding hydrogens is 182 g/mol. The van der Waals surface area contributed by atoms with Gasteiger partial charge in [0.2, 0.25) is 0 Å². The van der Waals surface area contributed by atoms with Gasteiger partial charge in [-0.05, 0) is 12.2 Å². The average molecular weight is 190 g/mol. The summed E-state index contributed by atoms with van der Waals surface area (Å²) in [6.07, 6.45) is 5.80. The molecule has 9 heavy (non-hydrogen) atoms. The number of allylic oxidation sites excluding steroid dienone is 2. The molecule has 1 rings (SSSR count). The van der Waals surface area contributed by atoms with Gasteiger partial charge in [0, 0.05) is 10.7 Å². The van der Waals surface area contributed by atoms with Crippen molar-refractivity contribution in [1.82, 2.24) is 10.5 Å². The fourth-order valence-electron chi connectivity index (χ4n) is 0.571. The Labute approximate surface area is 62.3 Å². The second-order valence-electron chi connectivity index (χ2n) is 1.69. The van der Waals surface area contributed by atoms with Crippen LogP contribution in [0, 0.1) is 0 Å². The smallest absolute Gasteiger partial charge is 0.0545 e. The molecule has 0 saturated heterocycles. The summed E-state index contributed by atoms with van der Waals surface area (Å²) in [5.41, 5.74) is 2.51. The van der Waals surface area contributed by atoms with Gasteiger partial charge in [0.25, 0.3) is 0 Å². The zero-order valence-corrected chi connectivity index (χ0v) is 6.43. The number of nitrogens with zero attached hydrogens (tertiary/aromatic N) is 1. The predicted octanol–water partition coefficient (Wildman–Crippen LogP) is 0.473. The highest BCUT2D eigenvalue weighted by atomic mass is 79.9. The molecule has 0 aromatic carbocycles. The summed E-state index contributed by atoms with van der Waals surface area (Å²) >= 11 is 3.32. The molecule has 0 radical (unpaired) electrons. The molecule has 0 bridgehead atoms. The molecule has 0 spiro atoms. The van der Waals surface area contributed by atoms with Crippen LogP contribution in [0.4, 0.5) is 0 Å². The van der Waals surface area contributed by atoms with Gasteiger partial charge in [-0.15, -0.1) is 0 Å². The first-order chi connectivity index (χ1) is 4.33. The number of rotatable bonds is 1. The van der Waals surface area contributed by atoms with Crippen molar-refractivity contribution >= 4 is 15.9 Å². The maximum atomic E-state index is 5.13. The lowest BCUT2D eigenvalue weighted by atomic mass is 10.4. The summed E-state index contributed by atoms with van der Waals surface area (Å²) in [4.78, 5) is 0. The third kappa shape index (κ3) is 1.82. The molecule has 0 amide bonds. The first-order valence-electron chi connectivity index (χ1n) is 2.59. The lowest BCUT2D eigenvalue weighted by Gasteiger charge is -2.18. The van der Waals surface area contributed by atoms with Crippen molar-refractivity contribution in [1.29, 1.82) is 0 Å². The van der Waals surface area contributed by atoms with E-state index in [1.165, 1.54) is 0 Å². The minimum atomic E-state index is 0.799. The number of nitrogens with two attached hydrogens (primary N) is 1. The van der Waals surface area contributed by atoms with Gasteiger partial charge in [0.15, 0.2) is 0 Å². The molecule has 0 saturated carbocycles. The lowest BCUT2D eigenvalue weighted by molar-refractivity contribution is 0.301. The van der Waals surface area contributed by atoms with E-state index in [-0.39, 0.29) is 0 Å². The molecule has 4 heteroatoms. The van der Waals surface area contributed by atoms with E-state index in [0.717, 1.165) is 11.0 Å². The highest BCUT2D eigenvalue weighted by molar-refractivity contribution is 9.11. The topological polar surface area (TPSA) is 41.3 Å². The molecule has 1 aliphatic rings. The molecule has 0 atom stereocenters. The van der Waals surface area contributed by atoms with Crippen LogP contribution >= 0.6 is 15.9 Å². The van der Waals surface area contributed by atoms with Crippen LogP contribution in [-0.2, 0) is 0 Å². The van der Waals surface area contributed by atoms with E-state index in [0.29, 0.717) is 0 Å². The van der Waals surface area contributed by atoms with Gasteiger partial charge in [0.1, 0.15) is 0 Å². The first-order valence-corrected chi connectivity index (χ1v) is 3.39. The van der Waals surface area contributed by atoms with Crippen molar-refractivity contribution in [3.05, 3.63) is 22.8 Å². The molecule has 0 aromatic rings. The minimum absolute atomic E-state index is 0.799. The van der Waals surface area contributed by atoms with Gasteiger partial charge in [-0.1, -0.05) is 15.9 Å². The number of nitrogens with one attached hydrogen (secondary N) is 1. The highest BCUT2D eigenvalue weighted by Gasteiger charge is 1.97. The molecular formula is C5H8BrN3. The quantitative estimate of drug-likeness (QED) is 0.466. The van der Waals surface area contributed by atoms with Gasteiger partial charge >= 0.3 is 0 Å².